The Morgan fingerprint density at radius 1 is 1.50 bits per heavy atom. The zero-order chi connectivity index (χ0) is 14.8. The van der Waals surface area contributed by atoms with Crippen LogP contribution in [0.3, 0.4) is 0 Å². The number of carbonyl (C=O) groups excluding carboxylic acids is 1. The molecule has 1 aliphatic heterocycles. The van der Waals surface area contributed by atoms with Crippen LogP contribution in [0.4, 0.5) is 0 Å². The molecule has 1 rings (SSSR count). The third-order valence-corrected chi connectivity index (χ3v) is 3.92. The number of methoxy groups -OCH3 is 1. The van der Waals surface area contributed by atoms with Gasteiger partial charge in [0.05, 0.1) is 12.7 Å². The fourth-order valence-corrected chi connectivity index (χ4v) is 2.75. The number of rotatable bonds is 9. The average Bonchev–Trinajstić information content (AvgIpc) is 2.60. The molecular weight excluding hydrogens is 256 g/mol. The molecule has 1 fully saturated rings. The van der Waals surface area contributed by atoms with Crippen molar-refractivity contribution in [3.63, 3.8) is 0 Å². The number of amides is 1. The number of nitrogens with one attached hydrogen (secondary N) is 1. The van der Waals surface area contributed by atoms with Gasteiger partial charge in [-0.25, -0.2) is 0 Å². The van der Waals surface area contributed by atoms with Gasteiger partial charge in [0.2, 0.25) is 5.91 Å². The van der Waals surface area contributed by atoms with E-state index in [9.17, 15) is 9.90 Å². The van der Waals surface area contributed by atoms with E-state index in [4.69, 9.17) is 4.74 Å². The molecule has 0 aliphatic carbocycles. The minimum Gasteiger partial charge on any atom is -0.390 e. The Hall–Kier alpha value is -0.650. The number of ether oxygens (including phenoxy) is 1. The fourth-order valence-electron chi connectivity index (χ4n) is 2.75. The van der Waals surface area contributed by atoms with Crippen LogP contribution in [0.15, 0.2) is 0 Å². The molecule has 5 nitrogen and oxygen atoms in total. The molecule has 1 saturated heterocycles. The highest BCUT2D eigenvalue weighted by Crippen LogP contribution is 2.22. The van der Waals surface area contributed by atoms with Gasteiger partial charge in [-0.3, -0.25) is 4.79 Å². The molecule has 1 aliphatic rings. The van der Waals surface area contributed by atoms with Crippen molar-refractivity contribution < 1.29 is 14.6 Å². The summed E-state index contributed by atoms with van der Waals surface area (Å²) in [4.78, 5) is 13.9. The Morgan fingerprint density at radius 2 is 2.30 bits per heavy atom. The number of β-amino-alcohol motifs (C(OH)–C–C–N with tert-alkyl or cyclic N) is 1. The second-order valence-electron chi connectivity index (χ2n) is 5.67. The SMILES string of the molecule is CCCC1CCC(=O)N(CC(O)CNCCOC)CC1. The van der Waals surface area contributed by atoms with Crippen LogP contribution in [0.1, 0.15) is 39.0 Å². The second-order valence-corrected chi connectivity index (χ2v) is 5.67. The summed E-state index contributed by atoms with van der Waals surface area (Å²) in [7, 11) is 1.65. The van der Waals surface area contributed by atoms with Crippen molar-refractivity contribution in [3.05, 3.63) is 0 Å². The monoisotopic (exact) mass is 286 g/mol. The number of nitrogens with zero attached hydrogens (tertiary/aromatic N) is 1. The number of hydrogen-bond acceptors (Lipinski definition) is 4. The second kappa shape index (κ2) is 10.1. The maximum Gasteiger partial charge on any atom is 0.222 e. The summed E-state index contributed by atoms with van der Waals surface area (Å²) in [5.74, 6) is 0.866. The van der Waals surface area contributed by atoms with Crippen LogP contribution in [0.5, 0.6) is 0 Å². The number of aliphatic hydroxyl groups is 1. The van der Waals surface area contributed by atoms with Gasteiger partial charge in [-0.15, -0.1) is 0 Å². The molecular formula is C15H30N2O3. The normalized spacial score (nSPS) is 21.9. The quantitative estimate of drug-likeness (QED) is 0.621. The van der Waals surface area contributed by atoms with Gasteiger partial charge in [0.1, 0.15) is 0 Å². The molecule has 2 N–H and O–H groups in total. The Labute approximate surface area is 122 Å². The van der Waals surface area contributed by atoms with E-state index in [0.717, 1.165) is 25.9 Å². The van der Waals surface area contributed by atoms with Crippen LogP contribution in [0, 0.1) is 5.92 Å². The first kappa shape index (κ1) is 17.4. The van der Waals surface area contributed by atoms with Crippen LogP contribution >= 0.6 is 0 Å². The zero-order valence-corrected chi connectivity index (χ0v) is 12.9. The van der Waals surface area contributed by atoms with Gasteiger partial charge < -0.3 is 20.1 Å². The Morgan fingerprint density at radius 3 is 3.00 bits per heavy atom. The van der Waals surface area contributed by atoms with Gasteiger partial charge in [0, 0.05) is 39.7 Å². The molecule has 0 aromatic rings. The van der Waals surface area contributed by atoms with Crippen LogP contribution in [0.2, 0.25) is 0 Å². The molecule has 0 radical (unpaired) electrons. The van der Waals surface area contributed by atoms with Crippen molar-refractivity contribution in [2.45, 2.75) is 45.1 Å². The van der Waals surface area contributed by atoms with Crippen molar-refractivity contribution in [2.75, 3.05) is 39.9 Å². The van der Waals surface area contributed by atoms with E-state index >= 15 is 0 Å². The van der Waals surface area contributed by atoms with Gasteiger partial charge in [0.15, 0.2) is 0 Å². The van der Waals surface area contributed by atoms with E-state index in [1.54, 1.807) is 7.11 Å². The van der Waals surface area contributed by atoms with E-state index in [-0.39, 0.29) is 5.91 Å². The largest absolute Gasteiger partial charge is 0.390 e. The van der Waals surface area contributed by atoms with Crippen molar-refractivity contribution in [1.82, 2.24) is 10.2 Å². The highest BCUT2D eigenvalue weighted by Gasteiger charge is 2.23. The number of hydrogen-bond donors (Lipinski definition) is 2. The molecule has 2 unspecified atom stereocenters. The first-order valence-corrected chi connectivity index (χ1v) is 7.82. The molecule has 1 heterocycles. The molecule has 0 bridgehead atoms. The van der Waals surface area contributed by atoms with Gasteiger partial charge in [-0.2, -0.15) is 0 Å². The fraction of sp³-hybridized carbons (Fsp3) is 0.933. The lowest BCUT2D eigenvalue weighted by atomic mass is 9.96. The number of carbonyl (C=O) groups is 1. The van der Waals surface area contributed by atoms with E-state index in [2.05, 4.69) is 12.2 Å². The summed E-state index contributed by atoms with van der Waals surface area (Å²) >= 11 is 0. The summed E-state index contributed by atoms with van der Waals surface area (Å²) in [6, 6.07) is 0. The third kappa shape index (κ3) is 6.68. The first-order chi connectivity index (χ1) is 9.67. The minimum absolute atomic E-state index is 0.194. The summed E-state index contributed by atoms with van der Waals surface area (Å²) in [6.45, 7) is 5.29. The summed E-state index contributed by atoms with van der Waals surface area (Å²) in [5.41, 5.74) is 0. The lowest BCUT2D eigenvalue weighted by Crippen LogP contribution is -2.41. The number of likely N-dealkylation sites (tertiary alicyclic amines) is 1. The molecule has 0 saturated carbocycles. The molecule has 5 heteroatoms. The molecule has 20 heavy (non-hydrogen) atoms. The highest BCUT2D eigenvalue weighted by atomic mass is 16.5. The lowest BCUT2D eigenvalue weighted by molar-refractivity contribution is -0.132. The van der Waals surface area contributed by atoms with E-state index < -0.39 is 6.10 Å². The predicted molar refractivity (Wildman–Crippen MR) is 79.6 cm³/mol. The number of aliphatic hydroxyl groups excluding tert-OH is 1. The van der Waals surface area contributed by atoms with Crippen LogP contribution < -0.4 is 5.32 Å². The predicted octanol–water partition coefficient (Wildman–Crippen LogP) is 1.01. The molecule has 1 amide bonds. The topological polar surface area (TPSA) is 61.8 Å². The van der Waals surface area contributed by atoms with Crippen molar-refractivity contribution >= 4 is 5.91 Å². The van der Waals surface area contributed by atoms with Crippen molar-refractivity contribution in [3.8, 4) is 0 Å². The average molecular weight is 286 g/mol. The van der Waals surface area contributed by atoms with Crippen LogP contribution in [-0.2, 0) is 9.53 Å². The van der Waals surface area contributed by atoms with Crippen LogP contribution in [-0.4, -0.2) is 61.9 Å². The van der Waals surface area contributed by atoms with Gasteiger partial charge >= 0.3 is 0 Å². The van der Waals surface area contributed by atoms with E-state index in [0.29, 0.717) is 32.0 Å². The summed E-state index contributed by atoms with van der Waals surface area (Å²) in [5, 5.41) is 13.1. The Kier molecular flexibility index (Phi) is 8.82. The standard InChI is InChI=1S/C15H30N2O3/c1-3-4-13-5-6-15(19)17(9-7-13)12-14(18)11-16-8-10-20-2/h13-14,16,18H,3-12H2,1-2H3. The summed E-state index contributed by atoms with van der Waals surface area (Å²) < 4.78 is 4.93. The van der Waals surface area contributed by atoms with E-state index in [1.807, 2.05) is 4.90 Å². The zero-order valence-electron chi connectivity index (χ0n) is 12.9. The van der Waals surface area contributed by atoms with Gasteiger partial charge in [-0.1, -0.05) is 19.8 Å². The first-order valence-electron chi connectivity index (χ1n) is 7.82. The maximum atomic E-state index is 12.1. The van der Waals surface area contributed by atoms with Crippen molar-refractivity contribution in [1.29, 1.82) is 0 Å². The third-order valence-electron chi connectivity index (χ3n) is 3.92. The molecule has 118 valence electrons. The molecule has 0 aromatic heterocycles. The van der Waals surface area contributed by atoms with Gasteiger partial charge in [-0.05, 0) is 18.8 Å². The van der Waals surface area contributed by atoms with Crippen LogP contribution in [0.25, 0.3) is 0 Å². The minimum atomic E-state index is -0.501. The Balaban J connectivity index is 2.28. The molecule has 0 spiro atoms. The highest BCUT2D eigenvalue weighted by molar-refractivity contribution is 5.76. The van der Waals surface area contributed by atoms with Crippen molar-refractivity contribution in [2.24, 2.45) is 5.92 Å². The lowest BCUT2D eigenvalue weighted by Gasteiger charge is -2.24. The van der Waals surface area contributed by atoms with Gasteiger partial charge in [0.25, 0.3) is 0 Å². The van der Waals surface area contributed by atoms with E-state index in [1.165, 1.54) is 12.8 Å². The molecule has 2 atom stereocenters. The Bertz CT molecular complexity index is 274. The maximum absolute atomic E-state index is 12.1. The smallest absolute Gasteiger partial charge is 0.222 e. The molecule has 0 aromatic carbocycles. The summed E-state index contributed by atoms with van der Waals surface area (Å²) in [6.07, 6.45) is 4.61.